The Bertz CT molecular complexity index is 999. The Labute approximate surface area is 201 Å². The molecule has 0 aliphatic heterocycles. The van der Waals surface area contributed by atoms with Crippen molar-refractivity contribution in [2.45, 2.75) is 90.6 Å². The van der Waals surface area contributed by atoms with Crippen LogP contribution in [-0.4, -0.2) is 20.9 Å². The number of benzene rings is 2. The summed E-state index contributed by atoms with van der Waals surface area (Å²) in [6.07, 6.45) is 4.35. The quantitative estimate of drug-likeness (QED) is 0.417. The zero-order valence-corrected chi connectivity index (χ0v) is 22.4. The van der Waals surface area contributed by atoms with Crippen molar-refractivity contribution in [3.05, 3.63) is 59.4 Å². The fourth-order valence-corrected chi connectivity index (χ4v) is 9.74. The molecule has 33 heavy (non-hydrogen) atoms. The minimum atomic E-state index is -1.43. The van der Waals surface area contributed by atoms with E-state index >= 15 is 4.39 Å². The van der Waals surface area contributed by atoms with Crippen LogP contribution in [0.1, 0.15) is 79.4 Å². The zero-order chi connectivity index (χ0) is 24.6. The molecule has 1 aliphatic carbocycles. The van der Waals surface area contributed by atoms with E-state index in [2.05, 4.69) is 61.5 Å². The second-order valence-electron chi connectivity index (χ2n) is 10.6. The van der Waals surface area contributed by atoms with Crippen molar-refractivity contribution in [1.29, 1.82) is 0 Å². The fourth-order valence-electron chi connectivity index (χ4n) is 5.46. The van der Waals surface area contributed by atoms with E-state index in [0.717, 1.165) is 35.3 Å². The highest BCUT2D eigenvalue weighted by molar-refractivity contribution is 8.31. The van der Waals surface area contributed by atoms with Crippen LogP contribution in [0.3, 0.4) is 0 Å². The molecule has 3 rings (SSSR count). The van der Waals surface area contributed by atoms with Gasteiger partial charge in [0.05, 0.1) is 6.61 Å². The predicted molar refractivity (Wildman–Crippen MR) is 142 cm³/mol. The molecule has 0 radical (unpaired) electrons. The van der Waals surface area contributed by atoms with Crippen molar-refractivity contribution in [3.8, 4) is 16.9 Å². The van der Waals surface area contributed by atoms with Gasteiger partial charge in [0, 0.05) is 21.3 Å². The lowest BCUT2D eigenvalue weighted by molar-refractivity contribution is 0.282. The van der Waals surface area contributed by atoms with E-state index in [1.54, 1.807) is 6.07 Å². The van der Waals surface area contributed by atoms with Gasteiger partial charge in [0.2, 0.25) is 0 Å². The molecule has 0 atom stereocenters. The first kappa shape index (κ1) is 25.8. The first-order valence-electron chi connectivity index (χ1n) is 12.2. The molecule has 182 valence electrons. The molecule has 0 aromatic heterocycles. The van der Waals surface area contributed by atoms with Crippen molar-refractivity contribution in [3.63, 3.8) is 0 Å². The molecule has 0 saturated heterocycles. The standard InChI is InChI=1S/C29H41FO2S/c1-19(2)33(20(3)4,21(5)6)32-23-12-14-28(30)26(17-23)24-13-11-22(18-31)16-25(24)27-10-9-15-29(27,7)8/h10-14,16-17,19-21,31H,9,15,18H2,1-8H3. The number of halogens is 1. The molecule has 2 aromatic carbocycles. The molecular weight excluding hydrogens is 431 g/mol. The Morgan fingerprint density at radius 2 is 1.55 bits per heavy atom. The summed E-state index contributed by atoms with van der Waals surface area (Å²) in [4.78, 5) is 0. The molecule has 2 aromatic rings. The van der Waals surface area contributed by atoms with Crippen LogP contribution in [0.2, 0.25) is 0 Å². The minimum Gasteiger partial charge on any atom is -0.448 e. The van der Waals surface area contributed by atoms with Crippen LogP contribution in [0.4, 0.5) is 4.39 Å². The molecule has 2 nitrogen and oxygen atoms in total. The molecule has 0 fully saturated rings. The smallest absolute Gasteiger partial charge is 0.135 e. The van der Waals surface area contributed by atoms with Gasteiger partial charge in [-0.15, -0.1) is 0 Å². The van der Waals surface area contributed by atoms with Gasteiger partial charge in [-0.25, -0.2) is 4.39 Å². The van der Waals surface area contributed by atoms with Crippen molar-refractivity contribution < 1.29 is 13.7 Å². The molecule has 0 amide bonds. The molecule has 0 heterocycles. The SMILES string of the molecule is CC(C)S(Oc1ccc(F)c(-c2ccc(CO)cc2C2=CCCC2(C)C)c1)(C(C)C)C(C)C. The van der Waals surface area contributed by atoms with E-state index in [0.29, 0.717) is 21.3 Å². The van der Waals surface area contributed by atoms with Crippen LogP contribution >= 0.6 is 10.3 Å². The number of allylic oxidation sites excluding steroid dienone is 2. The minimum absolute atomic E-state index is 0.0135. The van der Waals surface area contributed by atoms with Gasteiger partial charge >= 0.3 is 0 Å². The highest BCUT2D eigenvalue weighted by Gasteiger charge is 2.37. The molecule has 1 N–H and O–H groups in total. The average molecular weight is 473 g/mol. The number of aliphatic hydroxyl groups is 1. The Morgan fingerprint density at radius 1 is 0.909 bits per heavy atom. The summed E-state index contributed by atoms with van der Waals surface area (Å²) in [5.41, 5.74) is 4.50. The van der Waals surface area contributed by atoms with Crippen LogP contribution in [-0.2, 0) is 6.61 Å². The van der Waals surface area contributed by atoms with Gasteiger partial charge < -0.3 is 9.29 Å². The van der Waals surface area contributed by atoms with Gasteiger partial charge in [-0.05, 0) is 64.8 Å². The predicted octanol–water partition coefficient (Wildman–Crippen LogP) is 8.51. The maximum absolute atomic E-state index is 15.3. The fraction of sp³-hybridized carbons (Fsp3) is 0.517. The Balaban J connectivity index is 2.15. The summed E-state index contributed by atoms with van der Waals surface area (Å²) in [6, 6.07) is 11.0. The van der Waals surface area contributed by atoms with E-state index in [-0.39, 0.29) is 17.8 Å². The third-order valence-corrected chi connectivity index (χ3v) is 12.0. The largest absolute Gasteiger partial charge is 0.448 e. The van der Waals surface area contributed by atoms with Crippen LogP contribution in [0.5, 0.6) is 5.75 Å². The van der Waals surface area contributed by atoms with Crippen LogP contribution in [0.15, 0.2) is 42.5 Å². The maximum atomic E-state index is 15.3. The van der Waals surface area contributed by atoms with E-state index in [1.807, 2.05) is 24.3 Å². The highest BCUT2D eigenvalue weighted by Crippen LogP contribution is 2.61. The van der Waals surface area contributed by atoms with Crippen molar-refractivity contribution >= 4 is 15.9 Å². The molecule has 1 aliphatic rings. The Morgan fingerprint density at radius 3 is 2.06 bits per heavy atom. The zero-order valence-electron chi connectivity index (χ0n) is 21.5. The monoisotopic (exact) mass is 472 g/mol. The topological polar surface area (TPSA) is 29.5 Å². The van der Waals surface area contributed by atoms with E-state index < -0.39 is 10.3 Å². The first-order chi connectivity index (χ1) is 15.4. The Kier molecular flexibility index (Phi) is 7.70. The summed E-state index contributed by atoms with van der Waals surface area (Å²) in [6.45, 7) is 17.9. The third-order valence-electron chi connectivity index (χ3n) is 7.08. The lowest BCUT2D eigenvalue weighted by atomic mass is 9.79. The van der Waals surface area contributed by atoms with Crippen LogP contribution < -0.4 is 4.18 Å². The normalized spacial score (nSPS) is 16.6. The summed E-state index contributed by atoms with van der Waals surface area (Å²) in [5, 5.41) is 10.9. The molecule has 4 heteroatoms. The van der Waals surface area contributed by atoms with E-state index in [1.165, 1.54) is 11.6 Å². The molecule has 0 saturated carbocycles. The van der Waals surface area contributed by atoms with Gasteiger partial charge in [-0.3, -0.25) is 0 Å². The number of hydrogen-bond acceptors (Lipinski definition) is 2. The highest BCUT2D eigenvalue weighted by atomic mass is 32.3. The van der Waals surface area contributed by atoms with Crippen molar-refractivity contribution in [2.24, 2.45) is 5.41 Å². The van der Waals surface area contributed by atoms with Gasteiger partial charge in [0.15, 0.2) is 0 Å². The lowest BCUT2D eigenvalue weighted by Crippen LogP contribution is -2.32. The number of hydrogen-bond donors (Lipinski definition) is 1. The van der Waals surface area contributed by atoms with Gasteiger partial charge in [-0.2, -0.15) is 0 Å². The van der Waals surface area contributed by atoms with Crippen LogP contribution in [0.25, 0.3) is 16.7 Å². The van der Waals surface area contributed by atoms with Gasteiger partial charge in [-0.1, -0.05) is 83.9 Å². The van der Waals surface area contributed by atoms with Crippen molar-refractivity contribution in [2.75, 3.05) is 0 Å². The second kappa shape index (κ2) is 9.84. The van der Waals surface area contributed by atoms with Crippen molar-refractivity contribution in [1.82, 2.24) is 0 Å². The maximum Gasteiger partial charge on any atom is 0.135 e. The average Bonchev–Trinajstić information content (AvgIpc) is 3.10. The third kappa shape index (κ3) is 4.88. The lowest BCUT2D eigenvalue weighted by Gasteiger charge is -2.50. The molecule has 0 bridgehead atoms. The van der Waals surface area contributed by atoms with Gasteiger partial charge in [0.25, 0.3) is 0 Å². The molecule has 0 unspecified atom stereocenters. The summed E-state index contributed by atoms with van der Waals surface area (Å²) in [5.74, 6) is 0.477. The molecule has 0 spiro atoms. The van der Waals surface area contributed by atoms with E-state index in [9.17, 15) is 5.11 Å². The number of rotatable bonds is 8. The number of aliphatic hydroxyl groups excluding tert-OH is 1. The first-order valence-corrected chi connectivity index (χ1v) is 13.9. The summed E-state index contributed by atoms with van der Waals surface area (Å²) in [7, 11) is -1.43. The summed E-state index contributed by atoms with van der Waals surface area (Å²) < 4.78 is 22.1. The summed E-state index contributed by atoms with van der Waals surface area (Å²) >= 11 is 0. The second-order valence-corrected chi connectivity index (χ2v) is 15.0. The molecular formula is C29H41FO2S. The van der Waals surface area contributed by atoms with Gasteiger partial charge in [0.1, 0.15) is 11.6 Å². The van der Waals surface area contributed by atoms with Crippen LogP contribution in [0, 0.1) is 11.2 Å². The van der Waals surface area contributed by atoms with E-state index in [4.69, 9.17) is 4.18 Å². The Hall–Kier alpha value is -1.78.